The third kappa shape index (κ3) is 4.18. The molecule has 0 radical (unpaired) electrons. The number of rotatable bonds is 5. The fourth-order valence-electron chi connectivity index (χ4n) is 5.21. The number of likely N-dealkylation sites (tertiary alicyclic amines) is 1. The predicted molar refractivity (Wildman–Crippen MR) is 103 cm³/mol. The molecule has 1 atom stereocenters. The standard InChI is InChI=1S/C21H32N4O/c26-20(7-6-17-4-1-2-5-17)25-15-10-19(16-25)18-8-13-24(14-9-18)21-22-11-3-12-23-21/h3,11-12,17-19H,1-2,4-10,13-16H2/t19-/m1/s1. The van der Waals surface area contributed by atoms with Gasteiger partial charge in [0.25, 0.3) is 0 Å². The SMILES string of the molecule is O=C(CCC1CCCC1)N1CC[C@@H](C2CCN(c3ncccn3)CC2)C1. The van der Waals surface area contributed by atoms with E-state index in [2.05, 4.69) is 19.8 Å². The topological polar surface area (TPSA) is 49.3 Å². The Hall–Kier alpha value is -1.65. The van der Waals surface area contributed by atoms with E-state index >= 15 is 0 Å². The van der Waals surface area contributed by atoms with Gasteiger partial charge in [0.2, 0.25) is 11.9 Å². The van der Waals surface area contributed by atoms with Crippen LogP contribution in [-0.2, 0) is 4.79 Å². The van der Waals surface area contributed by atoms with E-state index in [0.29, 0.717) is 11.8 Å². The average Bonchev–Trinajstić information content (AvgIpc) is 3.39. The molecule has 1 amide bonds. The van der Waals surface area contributed by atoms with Gasteiger partial charge in [-0.15, -0.1) is 0 Å². The minimum absolute atomic E-state index is 0.412. The number of nitrogens with zero attached hydrogens (tertiary/aromatic N) is 4. The Morgan fingerprint density at radius 1 is 0.962 bits per heavy atom. The summed E-state index contributed by atoms with van der Waals surface area (Å²) in [6.45, 7) is 4.06. The fourth-order valence-corrected chi connectivity index (χ4v) is 5.21. The Morgan fingerprint density at radius 2 is 1.65 bits per heavy atom. The molecule has 1 aromatic heterocycles. The third-order valence-corrected chi connectivity index (χ3v) is 6.86. The van der Waals surface area contributed by atoms with Crippen LogP contribution in [0.2, 0.25) is 0 Å². The molecular weight excluding hydrogens is 324 g/mol. The zero-order valence-electron chi connectivity index (χ0n) is 15.9. The Labute approximate surface area is 157 Å². The van der Waals surface area contributed by atoms with Crippen LogP contribution in [0.15, 0.2) is 18.5 Å². The van der Waals surface area contributed by atoms with Crippen molar-refractivity contribution in [3.8, 4) is 0 Å². The zero-order valence-corrected chi connectivity index (χ0v) is 15.9. The van der Waals surface area contributed by atoms with Crippen LogP contribution in [0.25, 0.3) is 0 Å². The van der Waals surface area contributed by atoms with Gasteiger partial charge in [-0.25, -0.2) is 9.97 Å². The number of amides is 1. The largest absolute Gasteiger partial charge is 0.342 e. The molecule has 1 saturated carbocycles. The number of anilines is 1. The summed E-state index contributed by atoms with van der Waals surface area (Å²) in [5.74, 6) is 3.55. The summed E-state index contributed by atoms with van der Waals surface area (Å²) in [5.41, 5.74) is 0. The Kier molecular flexibility index (Phi) is 5.71. The first-order valence-electron chi connectivity index (χ1n) is 10.6. The number of hydrogen-bond acceptors (Lipinski definition) is 4. The minimum atomic E-state index is 0.412. The van der Waals surface area contributed by atoms with E-state index in [-0.39, 0.29) is 0 Å². The van der Waals surface area contributed by atoms with Crippen molar-refractivity contribution in [3.63, 3.8) is 0 Å². The van der Waals surface area contributed by atoms with Gasteiger partial charge in [-0.2, -0.15) is 0 Å². The Morgan fingerprint density at radius 3 is 2.38 bits per heavy atom. The molecule has 0 N–H and O–H groups in total. The second-order valence-electron chi connectivity index (χ2n) is 8.45. The van der Waals surface area contributed by atoms with Gasteiger partial charge in [-0.3, -0.25) is 4.79 Å². The summed E-state index contributed by atoms with van der Waals surface area (Å²) in [4.78, 5) is 25.8. The van der Waals surface area contributed by atoms with Gasteiger partial charge in [0.05, 0.1) is 0 Å². The highest BCUT2D eigenvalue weighted by atomic mass is 16.2. The normalized spacial score (nSPS) is 25.2. The molecule has 4 rings (SSSR count). The Bertz CT molecular complexity index is 579. The van der Waals surface area contributed by atoms with E-state index < -0.39 is 0 Å². The molecule has 0 spiro atoms. The number of hydrogen-bond donors (Lipinski definition) is 0. The third-order valence-electron chi connectivity index (χ3n) is 6.86. The van der Waals surface area contributed by atoms with Gasteiger partial charge in [0.15, 0.2) is 0 Å². The van der Waals surface area contributed by atoms with Crippen molar-refractivity contribution in [2.24, 2.45) is 17.8 Å². The lowest BCUT2D eigenvalue weighted by Crippen LogP contribution is -2.38. The average molecular weight is 357 g/mol. The first-order valence-corrected chi connectivity index (χ1v) is 10.6. The van der Waals surface area contributed by atoms with Gasteiger partial charge in [0, 0.05) is 45.0 Å². The lowest BCUT2D eigenvalue weighted by Gasteiger charge is -2.34. The molecule has 5 nitrogen and oxygen atoms in total. The van der Waals surface area contributed by atoms with Crippen molar-refractivity contribution in [2.75, 3.05) is 31.1 Å². The van der Waals surface area contributed by atoms with E-state index in [4.69, 9.17) is 0 Å². The van der Waals surface area contributed by atoms with E-state index in [1.807, 2.05) is 18.5 Å². The molecule has 3 fully saturated rings. The van der Waals surface area contributed by atoms with Crippen molar-refractivity contribution in [1.82, 2.24) is 14.9 Å². The van der Waals surface area contributed by atoms with Crippen LogP contribution in [0, 0.1) is 17.8 Å². The van der Waals surface area contributed by atoms with Crippen LogP contribution in [0.1, 0.15) is 57.8 Å². The molecule has 0 unspecified atom stereocenters. The molecule has 0 bridgehead atoms. The summed E-state index contributed by atoms with van der Waals surface area (Å²) >= 11 is 0. The summed E-state index contributed by atoms with van der Waals surface area (Å²) in [6, 6.07) is 1.87. The Balaban J connectivity index is 1.21. The highest BCUT2D eigenvalue weighted by molar-refractivity contribution is 5.76. The van der Waals surface area contributed by atoms with Crippen molar-refractivity contribution in [1.29, 1.82) is 0 Å². The van der Waals surface area contributed by atoms with Crippen LogP contribution in [0.5, 0.6) is 0 Å². The van der Waals surface area contributed by atoms with Crippen molar-refractivity contribution in [3.05, 3.63) is 18.5 Å². The molecule has 1 aliphatic carbocycles. The lowest BCUT2D eigenvalue weighted by molar-refractivity contribution is -0.130. The molecule has 142 valence electrons. The van der Waals surface area contributed by atoms with E-state index in [0.717, 1.165) is 56.8 Å². The number of piperidine rings is 1. The van der Waals surface area contributed by atoms with Crippen LogP contribution in [0.3, 0.4) is 0 Å². The lowest BCUT2D eigenvalue weighted by atomic mass is 9.84. The second kappa shape index (κ2) is 8.36. The van der Waals surface area contributed by atoms with Gasteiger partial charge in [-0.1, -0.05) is 25.7 Å². The maximum Gasteiger partial charge on any atom is 0.225 e. The first-order chi connectivity index (χ1) is 12.8. The smallest absolute Gasteiger partial charge is 0.225 e. The summed E-state index contributed by atoms with van der Waals surface area (Å²) in [6.07, 6.45) is 14.6. The fraction of sp³-hybridized carbons (Fsp3) is 0.762. The van der Waals surface area contributed by atoms with Crippen LogP contribution in [-0.4, -0.2) is 47.0 Å². The summed E-state index contributed by atoms with van der Waals surface area (Å²) in [7, 11) is 0. The molecular formula is C21H32N4O. The highest BCUT2D eigenvalue weighted by Crippen LogP contribution is 2.33. The van der Waals surface area contributed by atoms with Crippen LogP contribution < -0.4 is 4.90 Å². The van der Waals surface area contributed by atoms with Crippen molar-refractivity contribution in [2.45, 2.75) is 57.8 Å². The van der Waals surface area contributed by atoms with Crippen molar-refractivity contribution < 1.29 is 4.79 Å². The van der Waals surface area contributed by atoms with E-state index in [1.54, 1.807) is 0 Å². The molecule has 1 aromatic rings. The summed E-state index contributed by atoms with van der Waals surface area (Å²) < 4.78 is 0. The summed E-state index contributed by atoms with van der Waals surface area (Å²) in [5, 5.41) is 0. The van der Waals surface area contributed by atoms with Gasteiger partial charge >= 0.3 is 0 Å². The molecule has 2 saturated heterocycles. The first kappa shape index (κ1) is 17.7. The van der Waals surface area contributed by atoms with Crippen LogP contribution in [0.4, 0.5) is 5.95 Å². The van der Waals surface area contributed by atoms with Gasteiger partial charge in [0.1, 0.15) is 0 Å². The van der Waals surface area contributed by atoms with E-state index in [1.165, 1.54) is 44.9 Å². The predicted octanol–water partition coefficient (Wildman–Crippen LogP) is 3.51. The quantitative estimate of drug-likeness (QED) is 0.810. The molecule has 26 heavy (non-hydrogen) atoms. The number of aromatic nitrogens is 2. The monoisotopic (exact) mass is 356 g/mol. The maximum atomic E-state index is 12.6. The van der Waals surface area contributed by atoms with Gasteiger partial charge in [-0.05, 0) is 49.5 Å². The highest BCUT2D eigenvalue weighted by Gasteiger charge is 2.34. The number of carbonyl (C=O) groups is 1. The molecule has 0 aromatic carbocycles. The molecule has 3 heterocycles. The molecule has 5 heteroatoms. The van der Waals surface area contributed by atoms with Gasteiger partial charge < -0.3 is 9.80 Å². The van der Waals surface area contributed by atoms with Crippen molar-refractivity contribution >= 4 is 11.9 Å². The molecule has 3 aliphatic rings. The maximum absolute atomic E-state index is 12.6. The molecule has 2 aliphatic heterocycles. The number of carbonyl (C=O) groups excluding carboxylic acids is 1. The van der Waals surface area contributed by atoms with Crippen LogP contribution >= 0.6 is 0 Å². The second-order valence-corrected chi connectivity index (χ2v) is 8.45. The zero-order chi connectivity index (χ0) is 17.8. The minimum Gasteiger partial charge on any atom is -0.342 e. The van der Waals surface area contributed by atoms with E-state index in [9.17, 15) is 4.79 Å².